The number of urea groups is 1. The minimum Gasteiger partial charge on any atom is -0.355 e. The first-order chi connectivity index (χ1) is 11.5. The lowest BCUT2D eigenvalue weighted by Crippen LogP contribution is -2.31. The van der Waals surface area contributed by atoms with Crippen LogP contribution < -0.4 is 16.0 Å². The van der Waals surface area contributed by atoms with Gasteiger partial charge >= 0.3 is 6.03 Å². The van der Waals surface area contributed by atoms with E-state index in [0.717, 1.165) is 5.56 Å². The number of amides is 3. The third-order valence-corrected chi connectivity index (χ3v) is 3.96. The van der Waals surface area contributed by atoms with Crippen LogP contribution in [0.3, 0.4) is 0 Å². The Morgan fingerprint density at radius 3 is 2.50 bits per heavy atom. The van der Waals surface area contributed by atoms with Crippen molar-refractivity contribution in [2.75, 3.05) is 18.9 Å². The Labute approximate surface area is 146 Å². The average Bonchev–Trinajstić information content (AvgIpc) is 2.61. The summed E-state index contributed by atoms with van der Waals surface area (Å²) in [7, 11) is 1.52. The van der Waals surface area contributed by atoms with Crippen molar-refractivity contribution in [1.82, 2.24) is 10.6 Å². The van der Waals surface area contributed by atoms with Gasteiger partial charge < -0.3 is 16.0 Å². The summed E-state index contributed by atoms with van der Waals surface area (Å²) in [5.74, 6) is -0.106. The number of anilines is 1. The quantitative estimate of drug-likeness (QED) is 0.774. The summed E-state index contributed by atoms with van der Waals surface area (Å²) in [5.41, 5.74) is 1.98. The second-order valence-electron chi connectivity index (χ2n) is 5.42. The lowest BCUT2D eigenvalue weighted by atomic mass is 10.0. The van der Waals surface area contributed by atoms with Crippen LogP contribution in [0.15, 0.2) is 48.5 Å². The van der Waals surface area contributed by atoms with E-state index < -0.39 is 0 Å². The summed E-state index contributed by atoms with van der Waals surface area (Å²) < 4.78 is 0. The predicted octanol–water partition coefficient (Wildman–Crippen LogP) is 3.62. The highest BCUT2D eigenvalue weighted by molar-refractivity contribution is 6.34. The fraction of sp³-hybridized carbons (Fsp3) is 0.222. The summed E-state index contributed by atoms with van der Waals surface area (Å²) in [6.45, 7) is 2.55. The molecule has 3 N–H and O–H groups in total. The van der Waals surface area contributed by atoms with Crippen LogP contribution in [-0.4, -0.2) is 25.5 Å². The molecule has 5 nitrogen and oxygen atoms in total. The number of hydrogen-bond donors (Lipinski definition) is 3. The van der Waals surface area contributed by atoms with Gasteiger partial charge in [0.2, 0.25) is 0 Å². The van der Waals surface area contributed by atoms with E-state index in [1.165, 1.54) is 7.05 Å². The maximum absolute atomic E-state index is 12.0. The summed E-state index contributed by atoms with van der Waals surface area (Å²) in [6, 6.07) is 14.4. The summed E-state index contributed by atoms with van der Waals surface area (Å²) in [5, 5.41) is 8.37. The van der Waals surface area contributed by atoms with E-state index in [0.29, 0.717) is 22.8 Å². The molecule has 1 atom stereocenters. The lowest BCUT2D eigenvalue weighted by molar-refractivity contribution is 0.0963. The standard InChI is InChI=1S/C18H20ClN3O2/c1-12(13-6-4-3-5-7-13)11-21-18(24)22-14-8-9-16(19)15(10-14)17(23)20-2/h3-10,12H,11H2,1-2H3,(H,20,23)(H2,21,22,24)/t12-/m1/s1. The summed E-state index contributed by atoms with van der Waals surface area (Å²) in [6.07, 6.45) is 0. The molecule has 2 rings (SSSR count). The Hall–Kier alpha value is -2.53. The molecule has 0 unspecified atom stereocenters. The number of carbonyl (C=O) groups is 2. The number of nitrogens with one attached hydrogen (secondary N) is 3. The second kappa shape index (κ2) is 8.36. The minimum atomic E-state index is -0.331. The van der Waals surface area contributed by atoms with Crippen LogP contribution >= 0.6 is 11.6 Å². The van der Waals surface area contributed by atoms with Gasteiger partial charge in [-0.1, -0.05) is 48.9 Å². The average molecular weight is 346 g/mol. The van der Waals surface area contributed by atoms with Crippen molar-refractivity contribution < 1.29 is 9.59 Å². The molecule has 0 aliphatic heterocycles. The molecule has 0 spiro atoms. The Kier molecular flexibility index (Phi) is 6.21. The predicted molar refractivity (Wildman–Crippen MR) is 96.7 cm³/mol. The minimum absolute atomic E-state index is 0.198. The molecule has 0 aliphatic rings. The van der Waals surface area contributed by atoms with Gasteiger partial charge in [-0.05, 0) is 29.7 Å². The van der Waals surface area contributed by atoms with E-state index in [1.54, 1.807) is 18.2 Å². The van der Waals surface area contributed by atoms with Crippen LogP contribution in [0.4, 0.5) is 10.5 Å². The molecule has 0 aromatic heterocycles. The first-order valence-corrected chi connectivity index (χ1v) is 8.00. The number of halogens is 1. The maximum Gasteiger partial charge on any atom is 0.319 e. The topological polar surface area (TPSA) is 70.2 Å². The highest BCUT2D eigenvalue weighted by atomic mass is 35.5. The number of benzene rings is 2. The molecular formula is C18H20ClN3O2. The third-order valence-electron chi connectivity index (χ3n) is 3.63. The molecule has 126 valence electrons. The van der Waals surface area contributed by atoms with Crippen LogP contribution in [0.5, 0.6) is 0 Å². The Balaban J connectivity index is 1.94. The van der Waals surface area contributed by atoms with Crippen molar-refractivity contribution in [3.63, 3.8) is 0 Å². The monoisotopic (exact) mass is 345 g/mol. The van der Waals surface area contributed by atoms with Gasteiger partial charge in [0.25, 0.3) is 5.91 Å². The van der Waals surface area contributed by atoms with Crippen LogP contribution in [0.2, 0.25) is 5.02 Å². The zero-order valence-corrected chi connectivity index (χ0v) is 14.4. The van der Waals surface area contributed by atoms with Crippen molar-refractivity contribution in [2.24, 2.45) is 0 Å². The molecule has 0 bridgehead atoms. The van der Waals surface area contributed by atoms with E-state index in [9.17, 15) is 9.59 Å². The van der Waals surface area contributed by atoms with E-state index in [4.69, 9.17) is 11.6 Å². The lowest BCUT2D eigenvalue weighted by Gasteiger charge is -2.14. The first kappa shape index (κ1) is 17.8. The van der Waals surface area contributed by atoms with Crippen molar-refractivity contribution in [1.29, 1.82) is 0 Å². The van der Waals surface area contributed by atoms with Crippen LogP contribution in [0.1, 0.15) is 28.8 Å². The molecule has 0 aliphatic carbocycles. The van der Waals surface area contributed by atoms with Crippen molar-refractivity contribution in [2.45, 2.75) is 12.8 Å². The third kappa shape index (κ3) is 4.73. The van der Waals surface area contributed by atoms with Gasteiger partial charge in [0.05, 0.1) is 10.6 Å². The van der Waals surface area contributed by atoms with E-state index in [2.05, 4.69) is 16.0 Å². The Bertz CT molecular complexity index is 719. The molecule has 6 heteroatoms. The van der Waals surface area contributed by atoms with E-state index >= 15 is 0 Å². The van der Waals surface area contributed by atoms with Crippen LogP contribution in [-0.2, 0) is 0 Å². The van der Waals surface area contributed by atoms with Gasteiger partial charge in [0, 0.05) is 19.3 Å². The zero-order valence-electron chi connectivity index (χ0n) is 13.6. The van der Waals surface area contributed by atoms with Gasteiger partial charge in [-0.25, -0.2) is 4.79 Å². The fourth-order valence-electron chi connectivity index (χ4n) is 2.23. The van der Waals surface area contributed by atoms with Gasteiger partial charge in [0.1, 0.15) is 0 Å². The molecule has 0 saturated heterocycles. The molecule has 0 fully saturated rings. The molecular weight excluding hydrogens is 326 g/mol. The largest absolute Gasteiger partial charge is 0.355 e. The summed E-state index contributed by atoms with van der Waals surface area (Å²) >= 11 is 5.99. The van der Waals surface area contributed by atoms with Crippen molar-refractivity contribution in [3.8, 4) is 0 Å². The molecule has 0 saturated carbocycles. The van der Waals surface area contributed by atoms with Crippen LogP contribution in [0.25, 0.3) is 0 Å². The SMILES string of the molecule is CNC(=O)c1cc(NC(=O)NC[C@@H](C)c2ccccc2)ccc1Cl. The Morgan fingerprint density at radius 1 is 1.12 bits per heavy atom. The molecule has 2 aromatic carbocycles. The smallest absolute Gasteiger partial charge is 0.319 e. The fourth-order valence-corrected chi connectivity index (χ4v) is 2.44. The first-order valence-electron chi connectivity index (χ1n) is 7.62. The molecule has 3 amide bonds. The number of hydrogen-bond acceptors (Lipinski definition) is 2. The Morgan fingerprint density at radius 2 is 1.83 bits per heavy atom. The molecule has 0 radical (unpaired) electrons. The molecule has 24 heavy (non-hydrogen) atoms. The highest BCUT2D eigenvalue weighted by Gasteiger charge is 2.11. The van der Waals surface area contributed by atoms with Gasteiger partial charge in [-0.2, -0.15) is 0 Å². The second-order valence-corrected chi connectivity index (χ2v) is 5.83. The molecule has 0 heterocycles. The van der Waals surface area contributed by atoms with Crippen molar-refractivity contribution >= 4 is 29.2 Å². The summed E-state index contributed by atoms with van der Waals surface area (Å²) in [4.78, 5) is 23.7. The van der Waals surface area contributed by atoms with E-state index in [-0.39, 0.29) is 17.9 Å². The highest BCUT2D eigenvalue weighted by Crippen LogP contribution is 2.20. The van der Waals surface area contributed by atoms with Crippen LogP contribution in [0, 0.1) is 0 Å². The number of rotatable bonds is 5. The number of carbonyl (C=O) groups excluding carboxylic acids is 2. The van der Waals surface area contributed by atoms with Gasteiger partial charge in [0.15, 0.2) is 0 Å². The zero-order chi connectivity index (χ0) is 17.5. The normalized spacial score (nSPS) is 11.5. The maximum atomic E-state index is 12.0. The van der Waals surface area contributed by atoms with Gasteiger partial charge in [-0.15, -0.1) is 0 Å². The van der Waals surface area contributed by atoms with E-state index in [1.807, 2.05) is 37.3 Å². The van der Waals surface area contributed by atoms with Crippen molar-refractivity contribution in [3.05, 3.63) is 64.7 Å². The molecule has 2 aromatic rings. The van der Waals surface area contributed by atoms with Gasteiger partial charge in [-0.3, -0.25) is 4.79 Å².